The molecule has 98 valence electrons. The topological polar surface area (TPSA) is 46.3 Å². The molecule has 0 aromatic heterocycles. The van der Waals surface area contributed by atoms with Crippen LogP contribution in [-0.2, 0) is 4.79 Å². The molecular weight excluding hydrogens is 212 g/mol. The maximum atomic E-state index is 12.4. The van der Waals surface area contributed by atoms with E-state index in [1.807, 2.05) is 0 Å². The van der Waals surface area contributed by atoms with Crippen LogP contribution >= 0.6 is 0 Å². The van der Waals surface area contributed by atoms with E-state index in [1.54, 1.807) is 0 Å². The first kappa shape index (κ1) is 12.9. The Labute approximate surface area is 105 Å². The molecule has 3 nitrogen and oxygen atoms in total. The monoisotopic (exact) mass is 238 g/mol. The van der Waals surface area contributed by atoms with Crippen molar-refractivity contribution in [3.05, 3.63) is 0 Å². The summed E-state index contributed by atoms with van der Waals surface area (Å²) in [5.41, 5.74) is 5.99. The predicted molar refractivity (Wildman–Crippen MR) is 69.5 cm³/mol. The van der Waals surface area contributed by atoms with Crippen molar-refractivity contribution < 1.29 is 4.79 Å². The molecule has 0 radical (unpaired) electrons. The van der Waals surface area contributed by atoms with Crippen LogP contribution in [0.1, 0.15) is 46.5 Å². The maximum absolute atomic E-state index is 12.4. The van der Waals surface area contributed by atoms with Crippen molar-refractivity contribution in [3.63, 3.8) is 0 Å². The van der Waals surface area contributed by atoms with E-state index in [4.69, 9.17) is 5.73 Å². The van der Waals surface area contributed by atoms with Crippen molar-refractivity contribution in [2.24, 2.45) is 23.0 Å². The molecule has 1 amide bonds. The summed E-state index contributed by atoms with van der Waals surface area (Å²) in [5, 5.41) is 0. The average Bonchev–Trinajstić information content (AvgIpc) is 2.35. The lowest BCUT2D eigenvalue weighted by molar-refractivity contribution is -0.148. The van der Waals surface area contributed by atoms with Crippen molar-refractivity contribution in [3.8, 4) is 0 Å². The summed E-state index contributed by atoms with van der Waals surface area (Å²) in [5.74, 6) is 1.35. The van der Waals surface area contributed by atoms with Crippen LogP contribution in [0.25, 0.3) is 0 Å². The molecular formula is C14H26N2O. The van der Waals surface area contributed by atoms with Crippen LogP contribution in [0.15, 0.2) is 0 Å². The Hall–Kier alpha value is -0.570. The lowest BCUT2D eigenvalue weighted by Gasteiger charge is -2.51. The Morgan fingerprint density at radius 3 is 2.35 bits per heavy atom. The Kier molecular flexibility index (Phi) is 3.48. The third kappa shape index (κ3) is 2.22. The second kappa shape index (κ2) is 4.60. The molecule has 0 aromatic rings. The number of carbonyl (C=O) groups is 1. The molecule has 2 aliphatic rings. The van der Waals surface area contributed by atoms with Crippen molar-refractivity contribution in [1.29, 1.82) is 0 Å². The van der Waals surface area contributed by atoms with Gasteiger partial charge in [0.1, 0.15) is 0 Å². The maximum Gasteiger partial charge on any atom is 0.226 e. The van der Waals surface area contributed by atoms with Crippen LogP contribution in [0.5, 0.6) is 0 Å². The first-order valence-electron chi connectivity index (χ1n) is 7.01. The minimum Gasteiger partial charge on any atom is -0.342 e. The molecule has 1 saturated carbocycles. The second-order valence-corrected chi connectivity index (χ2v) is 6.39. The Bertz CT molecular complexity index is 293. The van der Waals surface area contributed by atoms with Crippen LogP contribution in [0.2, 0.25) is 0 Å². The summed E-state index contributed by atoms with van der Waals surface area (Å²) in [4.78, 5) is 14.5. The minimum absolute atomic E-state index is 0.00130. The van der Waals surface area contributed by atoms with Gasteiger partial charge in [0.2, 0.25) is 5.91 Å². The minimum atomic E-state index is -0.00130. The smallest absolute Gasteiger partial charge is 0.226 e. The molecule has 0 spiro atoms. The van der Waals surface area contributed by atoms with E-state index in [0.29, 0.717) is 5.91 Å². The zero-order chi connectivity index (χ0) is 12.6. The second-order valence-electron chi connectivity index (χ2n) is 6.39. The third-order valence-corrected chi connectivity index (χ3v) is 5.15. The Morgan fingerprint density at radius 2 is 1.94 bits per heavy atom. The summed E-state index contributed by atoms with van der Waals surface area (Å²) < 4.78 is 0. The molecule has 17 heavy (non-hydrogen) atoms. The summed E-state index contributed by atoms with van der Waals surface area (Å²) in [6.45, 7) is 8.42. The van der Waals surface area contributed by atoms with Gasteiger partial charge in [-0.2, -0.15) is 0 Å². The molecule has 2 N–H and O–H groups in total. The van der Waals surface area contributed by atoms with Gasteiger partial charge in [-0.15, -0.1) is 0 Å². The summed E-state index contributed by atoms with van der Waals surface area (Å²) in [6, 6.07) is 0.199. The molecule has 2 rings (SSSR count). The van der Waals surface area contributed by atoms with Gasteiger partial charge in [0.05, 0.1) is 0 Å². The van der Waals surface area contributed by atoms with Gasteiger partial charge in [0.15, 0.2) is 0 Å². The molecule has 1 heterocycles. The van der Waals surface area contributed by atoms with Gasteiger partial charge in [-0.25, -0.2) is 0 Å². The zero-order valence-electron chi connectivity index (χ0n) is 11.4. The fourth-order valence-corrected chi connectivity index (χ4v) is 3.16. The molecule has 1 saturated heterocycles. The molecule has 1 aliphatic heterocycles. The summed E-state index contributed by atoms with van der Waals surface area (Å²) in [7, 11) is 0. The average molecular weight is 238 g/mol. The highest BCUT2D eigenvalue weighted by molar-refractivity contribution is 5.81. The van der Waals surface area contributed by atoms with Crippen LogP contribution in [0, 0.1) is 17.3 Å². The number of carbonyl (C=O) groups excluding carboxylic acids is 1. The fourth-order valence-electron chi connectivity index (χ4n) is 3.16. The first-order chi connectivity index (χ1) is 7.96. The largest absolute Gasteiger partial charge is 0.342 e. The highest BCUT2D eigenvalue weighted by Crippen LogP contribution is 2.46. The number of amides is 1. The van der Waals surface area contributed by atoms with Gasteiger partial charge in [-0.3, -0.25) is 4.79 Å². The van der Waals surface area contributed by atoms with E-state index in [1.165, 1.54) is 19.3 Å². The van der Waals surface area contributed by atoms with Gasteiger partial charge in [-0.05, 0) is 30.6 Å². The number of nitrogens with zero attached hydrogens (tertiary/aromatic N) is 1. The van der Waals surface area contributed by atoms with E-state index in [-0.39, 0.29) is 17.4 Å². The summed E-state index contributed by atoms with van der Waals surface area (Å²) in [6.07, 6.45) is 4.49. The normalized spacial score (nSPS) is 33.3. The molecule has 3 heteroatoms. The van der Waals surface area contributed by atoms with Gasteiger partial charge in [-0.1, -0.05) is 27.2 Å². The lowest BCUT2D eigenvalue weighted by atomic mass is 9.58. The van der Waals surface area contributed by atoms with Crippen molar-refractivity contribution in [2.75, 3.05) is 13.1 Å². The van der Waals surface area contributed by atoms with E-state index >= 15 is 0 Å². The number of nitrogens with two attached hydrogens (primary N) is 1. The molecule has 0 unspecified atom stereocenters. The highest BCUT2D eigenvalue weighted by atomic mass is 16.2. The van der Waals surface area contributed by atoms with Gasteiger partial charge in [0, 0.05) is 25.0 Å². The Balaban J connectivity index is 1.90. The fraction of sp³-hybridized carbons (Fsp3) is 0.929. The number of piperidine rings is 1. The molecule has 2 fully saturated rings. The number of hydrogen-bond acceptors (Lipinski definition) is 2. The lowest BCUT2D eigenvalue weighted by Crippen LogP contribution is -2.60. The predicted octanol–water partition coefficient (Wildman–Crippen LogP) is 2.01. The van der Waals surface area contributed by atoms with Crippen LogP contribution < -0.4 is 5.73 Å². The van der Waals surface area contributed by atoms with E-state index in [2.05, 4.69) is 25.7 Å². The van der Waals surface area contributed by atoms with E-state index in [9.17, 15) is 4.79 Å². The zero-order valence-corrected chi connectivity index (χ0v) is 11.4. The van der Waals surface area contributed by atoms with Gasteiger partial charge >= 0.3 is 0 Å². The van der Waals surface area contributed by atoms with Crippen LogP contribution in [0.4, 0.5) is 0 Å². The van der Waals surface area contributed by atoms with Crippen molar-refractivity contribution in [2.45, 2.75) is 52.5 Å². The number of rotatable bonds is 2. The Morgan fingerprint density at radius 1 is 1.35 bits per heavy atom. The van der Waals surface area contributed by atoms with E-state index in [0.717, 1.165) is 25.4 Å². The molecule has 2 atom stereocenters. The molecule has 1 aliphatic carbocycles. The van der Waals surface area contributed by atoms with Crippen LogP contribution in [-0.4, -0.2) is 29.9 Å². The SMILES string of the molecule is CCC1CCN(C(=O)[C@@H]2C[C@H](N)C2(C)C)CC1. The third-order valence-electron chi connectivity index (χ3n) is 5.15. The first-order valence-corrected chi connectivity index (χ1v) is 7.01. The number of hydrogen-bond donors (Lipinski definition) is 1. The highest BCUT2D eigenvalue weighted by Gasteiger charge is 2.51. The molecule has 0 aromatic carbocycles. The van der Waals surface area contributed by atoms with E-state index < -0.39 is 0 Å². The number of likely N-dealkylation sites (tertiary alicyclic amines) is 1. The van der Waals surface area contributed by atoms with Gasteiger partial charge < -0.3 is 10.6 Å². The van der Waals surface area contributed by atoms with Gasteiger partial charge in [0.25, 0.3) is 0 Å². The standard InChI is InChI=1S/C14H26N2O/c1-4-10-5-7-16(8-6-10)13(17)11-9-12(15)14(11,2)3/h10-12H,4-9,15H2,1-3H3/t11-,12-/m0/s1. The summed E-state index contributed by atoms with van der Waals surface area (Å²) >= 11 is 0. The molecule has 0 bridgehead atoms. The van der Waals surface area contributed by atoms with Crippen molar-refractivity contribution in [1.82, 2.24) is 4.90 Å². The quantitative estimate of drug-likeness (QED) is 0.800. The van der Waals surface area contributed by atoms with Crippen LogP contribution in [0.3, 0.4) is 0 Å². The van der Waals surface area contributed by atoms with Crippen molar-refractivity contribution >= 4 is 5.91 Å².